The van der Waals surface area contributed by atoms with Crippen LogP contribution in [0.5, 0.6) is 0 Å². The van der Waals surface area contributed by atoms with Gasteiger partial charge in [0.1, 0.15) is 6.04 Å². The first-order valence-electron chi connectivity index (χ1n) is 7.35. The fourth-order valence-electron chi connectivity index (χ4n) is 3.04. The number of hydrogen-bond acceptors (Lipinski definition) is 7. The highest BCUT2D eigenvalue weighted by molar-refractivity contribution is 5.80. The van der Waals surface area contributed by atoms with Crippen molar-refractivity contribution in [2.45, 2.75) is 25.1 Å². The van der Waals surface area contributed by atoms with Gasteiger partial charge in [-0.2, -0.15) is 0 Å². The molecule has 4 N–H and O–H groups in total. The Kier molecular flexibility index (Phi) is 4.10. The summed E-state index contributed by atoms with van der Waals surface area (Å²) < 4.78 is 0. The van der Waals surface area contributed by atoms with E-state index < -0.39 is 34.2 Å². The number of aliphatic carboxylic acids is 1. The van der Waals surface area contributed by atoms with E-state index in [1.54, 1.807) is 0 Å². The molecule has 3 rings (SSSR count). The van der Waals surface area contributed by atoms with Crippen LogP contribution >= 0.6 is 0 Å². The molecule has 0 amide bonds. The van der Waals surface area contributed by atoms with Gasteiger partial charge in [-0.1, -0.05) is 0 Å². The Bertz CT molecular complexity index is 979. The minimum Gasteiger partial charge on any atom is -0.480 e. The number of non-ortho nitro benzene ring substituents is 1. The van der Waals surface area contributed by atoms with Crippen LogP contribution in [-0.4, -0.2) is 54.7 Å². The molecule has 11 heteroatoms. The fraction of sp³-hybridized carbons (Fsp3) is 0.357. The Morgan fingerprint density at radius 2 is 2.00 bits per heavy atom. The maximum atomic E-state index is 11.6. The SMILES string of the molecule is O=C(O)C1CC(O)CN1Cc1cc([N+](=O)[O-])cc2[nH]c(=O)c(=O)[nH]c12. The molecule has 2 unspecified atom stereocenters. The third kappa shape index (κ3) is 3.14. The summed E-state index contributed by atoms with van der Waals surface area (Å²) in [7, 11) is 0. The van der Waals surface area contributed by atoms with Crippen molar-refractivity contribution in [3.63, 3.8) is 0 Å². The molecule has 1 aromatic carbocycles. The van der Waals surface area contributed by atoms with Crippen LogP contribution in [0.25, 0.3) is 11.0 Å². The topological polar surface area (TPSA) is 170 Å². The number of carboxylic acid groups (broad SMARTS) is 1. The second-order valence-corrected chi connectivity index (χ2v) is 5.87. The summed E-state index contributed by atoms with van der Waals surface area (Å²) in [6.45, 7) is 0.0307. The van der Waals surface area contributed by atoms with Crippen molar-refractivity contribution < 1.29 is 19.9 Å². The average molecular weight is 350 g/mol. The molecule has 0 bridgehead atoms. The number of aromatic nitrogens is 2. The van der Waals surface area contributed by atoms with E-state index >= 15 is 0 Å². The largest absolute Gasteiger partial charge is 0.480 e. The predicted octanol–water partition coefficient (Wildman–Crippen LogP) is -0.856. The number of nitrogens with one attached hydrogen (secondary N) is 2. The van der Waals surface area contributed by atoms with Crippen LogP contribution < -0.4 is 11.1 Å². The van der Waals surface area contributed by atoms with Gasteiger partial charge in [0, 0.05) is 31.6 Å². The highest BCUT2D eigenvalue weighted by Gasteiger charge is 2.36. The van der Waals surface area contributed by atoms with Gasteiger partial charge in [0.05, 0.1) is 22.1 Å². The van der Waals surface area contributed by atoms with Gasteiger partial charge in [-0.15, -0.1) is 0 Å². The molecule has 2 atom stereocenters. The summed E-state index contributed by atoms with van der Waals surface area (Å²) >= 11 is 0. The van der Waals surface area contributed by atoms with Gasteiger partial charge in [-0.05, 0) is 5.56 Å². The van der Waals surface area contributed by atoms with Crippen molar-refractivity contribution >= 4 is 22.7 Å². The molecular weight excluding hydrogens is 336 g/mol. The highest BCUT2D eigenvalue weighted by Crippen LogP contribution is 2.26. The molecular formula is C14H14N4O7. The van der Waals surface area contributed by atoms with Crippen LogP contribution in [0.3, 0.4) is 0 Å². The first kappa shape index (κ1) is 16.8. The second kappa shape index (κ2) is 6.11. The third-order valence-corrected chi connectivity index (χ3v) is 4.15. The summed E-state index contributed by atoms with van der Waals surface area (Å²) in [5.41, 5.74) is -1.64. The standard InChI is InChI=1S/C14H14N4O7/c19-8-3-10(14(22)23)17(5-8)4-6-1-7(18(24)25)2-9-11(6)16-13(21)12(20)15-9/h1-2,8,10,19H,3-5H2,(H,15,20)(H,16,21)(H,22,23). The molecule has 0 aliphatic carbocycles. The number of hydrogen-bond donors (Lipinski definition) is 4. The lowest BCUT2D eigenvalue weighted by molar-refractivity contribution is -0.384. The van der Waals surface area contributed by atoms with Crippen molar-refractivity contribution in [1.82, 2.24) is 14.9 Å². The van der Waals surface area contributed by atoms with Gasteiger partial charge < -0.3 is 20.2 Å². The number of aliphatic hydroxyl groups excluding tert-OH is 1. The van der Waals surface area contributed by atoms with E-state index in [1.165, 1.54) is 11.0 Å². The van der Waals surface area contributed by atoms with Crippen LogP contribution in [0.1, 0.15) is 12.0 Å². The number of H-pyrrole nitrogens is 2. The molecule has 1 aromatic heterocycles. The van der Waals surface area contributed by atoms with E-state index in [0.717, 1.165) is 6.07 Å². The van der Waals surface area contributed by atoms with Crippen LogP contribution in [0.4, 0.5) is 5.69 Å². The Hall–Kier alpha value is -3.05. The molecule has 2 aromatic rings. The molecule has 2 heterocycles. The van der Waals surface area contributed by atoms with Crippen molar-refractivity contribution in [2.24, 2.45) is 0 Å². The molecule has 25 heavy (non-hydrogen) atoms. The predicted molar refractivity (Wildman–Crippen MR) is 84.3 cm³/mol. The molecule has 1 fully saturated rings. The number of aliphatic hydroxyl groups is 1. The zero-order chi connectivity index (χ0) is 18.3. The van der Waals surface area contributed by atoms with E-state index in [1.807, 2.05) is 0 Å². The highest BCUT2D eigenvalue weighted by atomic mass is 16.6. The van der Waals surface area contributed by atoms with Crippen molar-refractivity contribution in [2.75, 3.05) is 6.54 Å². The van der Waals surface area contributed by atoms with Crippen molar-refractivity contribution in [3.05, 3.63) is 48.5 Å². The molecule has 132 valence electrons. The van der Waals surface area contributed by atoms with Gasteiger partial charge in [-0.3, -0.25) is 29.4 Å². The maximum Gasteiger partial charge on any atom is 0.321 e. The van der Waals surface area contributed by atoms with Gasteiger partial charge >= 0.3 is 17.1 Å². The van der Waals surface area contributed by atoms with Gasteiger partial charge in [0.15, 0.2) is 0 Å². The molecule has 1 aliphatic rings. The molecule has 1 saturated heterocycles. The smallest absolute Gasteiger partial charge is 0.321 e. The summed E-state index contributed by atoms with van der Waals surface area (Å²) in [6.07, 6.45) is -0.792. The summed E-state index contributed by atoms with van der Waals surface area (Å²) in [5, 5.41) is 30.1. The van der Waals surface area contributed by atoms with Crippen molar-refractivity contribution in [3.8, 4) is 0 Å². The number of carboxylic acids is 1. The van der Waals surface area contributed by atoms with E-state index in [9.17, 15) is 34.7 Å². The number of carbonyl (C=O) groups is 1. The van der Waals surface area contributed by atoms with E-state index in [4.69, 9.17) is 0 Å². The summed E-state index contributed by atoms with van der Waals surface area (Å²) in [4.78, 5) is 50.9. The monoisotopic (exact) mass is 350 g/mol. The number of rotatable bonds is 4. The zero-order valence-corrected chi connectivity index (χ0v) is 12.8. The number of likely N-dealkylation sites (tertiary alicyclic amines) is 1. The number of aromatic amines is 2. The maximum absolute atomic E-state index is 11.6. The zero-order valence-electron chi connectivity index (χ0n) is 12.8. The fourth-order valence-corrected chi connectivity index (χ4v) is 3.04. The van der Waals surface area contributed by atoms with E-state index in [2.05, 4.69) is 9.97 Å². The lowest BCUT2D eigenvalue weighted by Gasteiger charge is -2.21. The number of nitro benzene ring substituents is 1. The lowest BCUT2D eigenvalue weighted by Crippen LogP contribution is -2.36. The number of nitro groups is 1. The Morgan fingerprint density at radius 1 is 1.32 bits per heavy atom. The second-order valence-electron chi connectivity index (χ2n) is 5.87. The van der Waals surface area contributed by atoms with Crippen LogP contribution in [0.15, 0.2) is 21.7 Å². The van der Waals surface area contributed by atoms with Crippen molar-refractivity contribution in [1.29, 1.82) is 0 Å². The Balaban J connectivity index is 2.12. The van der Waals surface area contributed by atoms with Crippen LogP contribution in [-0.2, 0) is 11.3 Å². The van der Waals surface area contributed by atoms with E-state index in [0.29, 0.717) is 0 Å². The third-order valence-electron chi connectivity index (χ3n) is 4.15. The normalized spacial score (nSPS) is 20.8. The molecule has 0 saturated carbocycles. The number of fused-ring (bicyclic) bond motifs is 1. The van der Waals surface area contributed by atoms with Gasteiger partial charge in [0.25, 0.3) is 5.69 Å². The minimum atomic E-state index is -1.12. The first-order valence-corrected chi connectivity index (χ1v) is 7.35. The number of β-amino-alcohol motifs (C(OH)–C–C–N with tert-alkyl or cyclic N) is 1. The number of nitrogens with zero attached hydrogens (tertiary/aromatic N) is 2. The first-order chi connectivity index (χ1) is 11.8. The number of benzene rings is 1. The molecule has 11 nitrogen and oxygen atoms in total. The van der Waals surface area contributed by atoms with Crippen LogP contribution in [0, 0.1) is 10.1 Å². The average Bonchev–Trinajstić information content (AvgIpc) is 2.89. The Morgan fingerprint density at radius 3 is 2.64 bits per heavy atom. The Labute approximate surface area is 138 Å². The quantitative estimate of drug-likeness (QED) is 0.314. The summed E-state index contributed by atoms with van der Waals surface area (Å²) in [5.74, 6) is -1.12. The lowest BCUT2D eigenvalue weighted by atomic mass is 10.1. The van der Waals surface area contributed by atoms with Gasteiger partial charge in [0.2, 0.25) is 0 Å². The van der Waals surface area contributed by atoms with E-state index in [-0.39, 0.29) is 41.8 Å². The summed E-state index contributed by atoms with van der Waals surface area (Å²) in [6, 6.07) is 1.38. The van der Waals surface area contributed by atoms with Gasteiger partial charge in [-0.25, -0.2) is 0 Å². The molecule has 0 spiro atoms. The molecule has 0 radical (unpaired) electrons. The molecule has 1 aliphatic heterocycles. The van der Waals surface area contributed by atoms with Crippen LogP contribution in [0.2, 0.25) is 0 Å². The minimum absolute atomic E-state index is 0.0372.